The first-order chi connectivity index (χ1) is 5.33. The maximum atomic E-state index is 5.54. The van der Waals surface area contributed by atoms with Crippen molar-refractivity contribution in [2.75, 3.05) is 7.05 Å². The number of rotatable bonds is 3. The summed E-state index contributed by atoms with van der Waals surface area (Å²) < 4.78 is 1.97. The molecule has 0 aromatic heterocycles. The maximum absolute atomic E-state index is 5.54. The van der Waals surface area contributed by atoms with Crippen molar-refractivity contribution in [3.8, 4) is 0 Å². The molecule has 0 saturated heterocycles. The summed E-state index contributed by atoms with van der Waals surface area (Å²) in [6.07, 6.45) is 0. The van der Waals surface area contributed by atoms with E-state index in [1.54, 1.807) is 0 Å². The second kappa shape index (κ2) is 4.65. The van der Waals surface area contributed by atoms with Gasteiger partial charge in [-0.2, -0.15) is 0 Å². The Labute approximate surface area is 76.0 Å². The molecule has 1 rings (SSSR count). The molecule has 0 unspecified atom stereocenters. The van der Waals surface area contributed by atoms with E-state index in [-0.39, 0.29) is 0 Å². The van der Waals surface area contributed by atoms with E-state index in [2.05, 4.69) is 12.1 Å². The fraction of sp³-hybridized carbons (Fsp3) is 0.250. The monoisotopic (exact) mass is 187 g/mol. The molecule has 3 heteroatoms. The summed E-state index contributed by atoms with van der Waals surface area (Å²) in [5.41, 5.74) is 1.28. The van der Waals surface area contributed by atoms with Crippen molar-refractivity contribution in [1.82, 2.24) is 4.31 Å². The van der Waals surface area contributed by atoms with E-state index < -0.39 is 0 Å². The third kappa shape index (κ3) is 3.14. The summed E-state index contributed by atoms with van der Waals surface area (Å²) in [5.74, 6) is 0. The number of hydrogen-bond acceptors (Lipinski definition) is 2. The number of nitrogens with zero attached hydrogens (tertiary/aromatic N) is 1. The van der Waals surface area contributed by atoms with Crippen LogP contribution in [0.5, 0.6) is 0 Å². The van der Waals surface area contributed by atoms with Gasteiger partial charge in [0.1, 0.15) is 0 Å². The highest BCUT2D eigenvalue weighted by atomic mass is 35.7. The van der Waals surface area contributed by atoms with Gasteiger partial charge in [0.15, 0.2) is 0 Å². The standard InChI is InChI=1S/C8H10ClNS/c1-10(11-9)7-8-5-3-2-4-6-8/h2-6H,7H2,1H3. The predicted octanol–water partition coefficient (Wildman–Crippen LogP) is 2.92. The zero-order valence-corrected chi connectivity index (χ0v) is 7.90. The Balaban J connectivity index is 2.51. The van der Waals surface area contributed by atoms with Crippen molar-refractivity contribution in [1.29, 1.82) is 0 Å². The van der Waals surface area contributed by atoms with E-state index >= 15 is 0 Å². The van der Waals surface area contributed by atoms with E-state index in [0.717, 1.165) is 6.54 Å². The molecule has 0 saturated carbocycles. The molecule has 0 spiro atoms. The lowest BCUT2D eigenvalue weighted by molar-refractivity contribution is 0.570. The van der Waals surface area contributed by atoms with E-state index in [1.807, 2.05) is 29.6 Å². The van der Waals surface area contributed by atoms with Gasteiger partial charge in [-0.3, -0.25) is 0 Å². The third-order valence-electron chi connectivity index (χ3n) is 1.37. The van der Waals surface area contributed by atoms with Gasteiger partial charge in [-0.25, -0.2) is 4.31 Å². The molecule has 0 heterocycles. The van der Waals surface area contributed by atoms with Crippen molar-refractivity contribution in [3.63, 3.8) is 0 Å². The molecule has 60 valence electrons. The molecule has 0 amide bonds. The van der Waals surface area contributed by atoms with Crippen molar-refractivity contribution in [3.05, 3.63) is 35.9 Å². The van der Waals surface area contributed by atoms with E-state index in [0.29, 0.717) is 0 Å². The second-order valence-electron chi connectivity index (χ2n) is 2.34. The van der Waals surface area contributed by atoms with Crippen LogP contribution in [0, 0.1) is 0 Å². The van der Waals surface area contributed by atoms with Gasteiger partial charge in [-0.05, 0) is 23.3 Å². The molecule has 0 atom stereocenters. The molecular weight excluding hydrogens is 178 g/mol. The summed E-state index contributed by atoms with van der Waals surface area (Å²) in [4.78, 5) is 0. The van der Waals surface area contributed by atoms with Gasteiger partial charge in [0.2, 0.25) is 0 Å². The predicted molar refractivity (Wildman–Crippen MR) is 51.4 cm³/mol. The zero-order chi connectivity index (χ0) is 8.10. The Bertz CT molecular complexity index is 203. The van der Waals surface area contributed by atoms with Crippen LogP contribution in [0.15, 0.2) is 30.3 Å². The van der Waals surface area contributed by atoms with Crippen LogP contribution in [0.3, 0.4) is 0 Å². The van der Waals surface area contributed by atoms with Gasteiger partial charge >= 0.3 is 0 Å². The Morgan fingerprint density at radius 2 is 2.00 bits per heavy atom. The highest BCUT2D eigenvalue weighted by Crippen LogP contribution is 2.14. The van der Waals surface area contributed by atoms with Crippen LogP contribution >= 0.6 is 21.8 Å². The molecule has 0 aliphatic heterocycles. The minimum absolute atomic E-state index is 0.884. The quantitative estimate of drug-likeness (QED) is 0.670. The summed E-state index contributed by atoms with van der Waals surface area (Å²) in [5, 5.41) is 0. The smallest absolute Gasteiger partial charge is 0.0348 e. The second-order valence-corrected chi connectivity index (χ2v) is 3.52. The first kappa shape index (κ1) is 8.91. The molecule has 1 aromatic rings. The van der Waals surface area contributed by atoms with Crippen LogP contribution < -0.4 is 0 Å². The molecule has 0 N–H and O–H groups in total. The molecule has 0 bridgehead atoms. The molecule has 0 fully saturated rings. The van der Waals surface area contributed by atoms with Crippen LogP contribution in [0.2, 0.25) is 0 Å². The molecule has 0 aliphatic carbocycles. The topological polar surface area (TPSA) is 3.24 Å². The first-order valence-corrected chi connectivity index (χ1v) is 4.96. The van der Waals surface area contributed by atoms with Crippen molar-refractivity contribution < 1.29 is 0 Å². The third-order valence-corrected chi connectivity index (χ3v) is 2.44. The molecule has 11 heavy (non-hydrogen) atoms. The van der Waals surface area contributed by atoms with Crippen LogP contribution in [0.25, 0.3) is 0 Å². The largest absolute Gasteiger partial charge is 0.236 e. The fourth-order valence-electron chi connectivity index (χ4n) is 0.865. The molecular formula is C8H10ClNS. The lowest BCUT2D eigenvalue weighted by Gasteiger charge is -2.09. The minimum atomic E-state index is 0.884. The van der Waals surface area contributed by atoms with E-state index in [4.69, 9.17) is 10.7 Å². The van der Waals surface area contributed by atoms with Crippen LogP contribution in [-0.4, -0.2) is 11.4 Å². The average Bonchev–Trinajstić information content (AvgIpc) is 2.06. The van der Waals surface area contributed by atoms with Crippen LogP contribution in [0.1, 0.15) is 5.56 Å². The zero-order valence-electron chi connectivity index (χ0n) is 6.33. The number of halogens is 1. The Morgan fingerprint density at radius 3 is 2.55 bits per heavy atom. The Kier molecular flexibility index (Phi) is 3.77. The van der Waals surface area contributed by atoms with Crippen molar-refractivity contribution in [2.24, 2.45) is 0 Å². The number of hydrogen-bond donors (Lipinski definition) is 0. The molecule has 0 aliphatic rings. The fourth-order valence-corrected chi connectivity index (χ4v) is 1.21. The van der Waals surface area contributed by atoms with Gasteiger partial charge in [-0.15, -0.1) is 0 Å². The lowest BCUT2D eigenvalue weighted by Crippen LogP contribution is -2.05. The van der Waals surface area contributed by atoms with Gasteiger partial charge in [0.05, 0.1) is 0 Å². The van der Waals surface area contributed by atoms with E-state index in [1.165, 1.54) is 16.7 Å². The van der Waals surface area contributed by atoms with Crippen molar-refractivity contribution in [2.45, 2.75) is 6.54 Å². The molecule has 0 radical (unpaired) electrons. The Morgan fingerprint density at radius 1 is 1.36 bits per heavy atom. The highest BCUT2D eigenvalue weighted by molar-refractivity contribution is 8.19. The van der Waals surface area contributed by atoms with Gasteiger partial charge < -0.3 is 0 Å². The van der Waals surface area contributed by atoms with E-state index in [9.17, 15) is 0 Å². The summed E-state index contributed by atoms with van der Waals surface area (Å²) in [6, 6.07) is 10.2. The normalized spacial score (nSPS) is 10.5. The molecule has 1 aromatic carbocycles. The van der Waals surface area contributed by atoms with Crippen molar-refractivity contribution >= 4 is 21.8 Å². The SMILES string of the molecule is CN(Cc1ccccc1)SCl. The summed E-state index contributed by atoms with van der Waals surface area (Å²) >= 11 is 1.23. The van der Waals surface area contributed by atoms with Crippen LogP contribution in [-0.2, 0) is 6.54 Å². The van der Waals surface area contributed by atoms with Crippen LogP contribution in [0.4, 0.5) is 0 Å². The Hall–Kier alpha value is -0.180. The van der Waals surface area contributed by atoms with Gasteiger partial charge in [-0.1, -0.05) is 30.3 Å². The van der Waals surface area contributed by atoms with Gasteiger partial charge in [0, 0.05) is 17.7 Å². The average molecular weight is 188 g/mol. The summed E-state index contributed by atoms with van der Waals surface area (Å²) in [7, 11) is 7.51. The van der Waals surface area contributed by atoms with Gasteiger partial charge in [0.25, 0.3) is 0 Å². The highest BCUT2D eigenvalue weighted by Gasteiger charge is 1.96. The minimum Gasteiger partial charge on any atom is -0.236 e. The summed E-state index contributed by atoms with van der Waals surface area (Å²) in [6.45, 7) is 0.884. The molecule has 1 nitrogen and oxygen atoms in total. The maximum Gasteiger partial charge on any atom is 0.0348 e. The number of benzene rings is 1. The lowest BCUT2D eigenvalue weighted by atomic mass is 10.2. The first-order valence-electron chi connectivity index (χ1n) is 3.36.